The van der Waals surface area contributed by atoms with Gasteiger partial charge in [-0.3, -0.25) is 4.79 Å². The van der Waals surface area contributed by atoms with Gasteiger partial charge in [0.25, 0.3) is 0 Å². The van der Waals surface area contributed by atoms with Gasteiger partial charge in [-0.05, 0) is 37.6 Å². The van der Waals surface area contributed by atoms with E-state index in [0.29, 0.717) is 5.56 Å². The van der Waals surface area contributed by atoms with E-state index in [1.165, 1.54) is 0 Å². The van der Waals surface area contributed by atoms with Gasteiger partial charge >= 0.3 is 0 Å². The first-order valence-electron chi connectivity index (χ1n) is 5.69. The highest BCUT2D eigenvalue weighted by Gasteiger charge is 2.30. The molecule has 0 aliphatic carbocycles. The number of Topliss-reactive ketones (excluding diaryl/α,β-unsaturated/α-hetero) is 1. The van der Waals surface area contributed by atoms with Crippen molar-refractivity contribution in [2.75, 3.05) is 12.0 Å². The van der Waals surface area contributed by atoms with Crippen molar-refractivity contribution in [1.29, 1.82) is 0 Å². The molecule has 2 rings (SSSR count). The van der Waals surface area contributed by atoms with Crippen LogP contribution in [0.3, 0.4) is 0 Å². The van der Waals surface area contributed by atoms with Crippen molar-refractivity contribution in [3.8, 4) is 5.75 Å². The molecule has 0 radical (unpaired) electrons. The van der Waals surface area contributed by atoms with Gasteiger partial charge in [0.05, 0.1) is 0 Å². The highest BCUT2D eigenvalue weighted by molar-refractivity contribution is 7.91. The molecule has 98 valence electrons. The molecule has 1 aromatic rings. The summed E-state index contributed by atoms with van der Waals surface area (Å²) in [5.41, 5.74) is 1.13. The molecule has 0 aromatic heterocycles. The Labute approximate surface area is 107 Å². The first-order valence-corrected chi connectivity index (χ1v) is 7.75. The van der Waals surface area contributed by atoms with Crippen molar-refractivity contribution in [2.24, 2.45) is 0 Å². The fraction of sp³-hybridized carbons (Fsp3) is 0.462. The molecular formula is C13H16O4S. The van der Waals surface area contributed by atoms with E-state index in [-0.39, 0.29) is 11.4 Å². The minimum atomic E-state index is -3.29. The monoisotopic (exact) mass is 268 g/mol. The molecule has 1 aliphatic rings. The molecule has 1 aromatic carbocycles. The van der Waals surface area contributed by atoms with Crippen molar-refractivity contribution in [3.63, 3.8) is 0 Å². The molecule has 0 N–H and O–H groups in total. The minimum Gasteiger partial charge on any atom is -0.487 e. The molecule has 0 atom stereocenters. The third-order valence-electron chi connectivity index (χ3n) is 2.78. The van der Waals surface area contributed by atoms with E-state index in [2.05, 4.69) is 0 Å². The number of ketones is 1. The van der Waals surface area contributed by atoms with E-state index < -0.39 is 15.6 Å². The van der Waals surface area contributed by atoms with E-state index in [1.807, 2.05) is 13.8 Å². The zero-order chi connectivity index (χ0) is 13.6. The fourth-order valence-electron chi connectivity index (χ4n) is 2.10. The quantitative estimate of drug-likeness (QED) is 0.782. The van der Waals surface area contributed by atoms with Gasteiger partial charge in [0.15, 0.2) is 15.6 Å². The normalized spacial score (nSPS) is 17.1. The summed E-state index contributed by atoms with van der Waals surface area (Å²) in [4.78, 5) is 11.8. The minimum absolute atomic E-state index is 0.263. The van der Waals surface area contributed by atoms with Crippen molar-refractivity contribution in [3.05, 3.63) is 29.3 Å². The van der Waals surface area contributed by atoms with Crippen molar-refractivity contribution in [1.82, 2.24) is 0 Å². The molecule has 0 fully saturated rings. The molecule has 0 spiro atoms. The van der Waals surface area contributed by atoms with Gasteiger partial charge in [0.1, 0.15) is 17.1 Å². The van der Waals surface area contributed by atoms with Crippen LogP contribution in [0.15, 0.2) is 18.2 Å². The Hall–Kier alpha value is -1.36. The number of sulfone groups is 1. The van der Waals surface area contributed by atoms with Gasteiger partial charge < -0.3 is 4.74 Å². The lowest BCUT2D eigenvalue weighted by Gasteiger charge is -2.16. The Morgan fingerprint density at radius 1 is 1.39 bits per heavy atom. The molecule has 18 heavy (non-hydrogen) atoms. The van der Waals surface area contributed by atoms with Gasteiger partial charge in [-0.25, -0.2) is 8.42 Å². The van der Waals surface area contributed by atoms with Crippen LogP contribution in [-0.2, 0) is 16.3 Å². The summed E-state index contributed by atoms with van der Waals surface area (Å²) in [6.07, 6.45) is 1.78. The second-order valence-electron chi connectivity index (χ2n) is 5.35. The van der Waals surface area contributed by atoms with Crippen LogP contribution < -0.4 is 4.74 Å². The second kappa shape index (κ2) is 4.09. The molecule has 1 heterocycles. The molecular weight excluding hydrogens is 252 g/mol. The third-order valence-corrected chi connectivity index (χ3v) is 3.56. The number of carbonyl (C=O) groups is 1. The lowest BCUT2D eigenvalue weighted by atomic mass is 9.99. The van der Waals surface area contributed by atoms with E-state index in [1.54, 1.807) is 18.2 Å². The van der Waals surface area contributed by atoms with Gasteiger partial charge in [-0.15, -0.1) is 0 Å². The van der Waals surface area contributed by atoms with Crippen LogP contribution >= 0.6 is 0 Å². The highest BCUT2D eigenvalue weighted by Crippen LogP contribution is 2.35. The molecule has 0 saturated carbocycles. The molecule has 0 unspecified atom stereocenters. The first kappa shape index (κ1) is 13.1. The lowest BCUT2D eigenvalue weighted by Crippen LogP contribution is -2.24. The molecule has 1 aliphatic heterocycles. The number of ether oxygens (including phenoxy) is 1. The number of rotatable bonds is 3. The zero-order valence-corrected chi connectivity index (χ0v) is 11.5. The fourth-order valence-corrected chi connectivity index (χ4v) is 2.75. The Bertz CT molecular complexity index is 599. The molecule has 0 saturated heterocycles. The number of hydrogen-bond acceptors (Lipinski definition) is 4. The summed E-state index contributed by atoms with van der Waals surface area (Å²) in [6.45, 7) is 3.95. The summed E-state index contributed by atoms with van der Waals surface area (Å²) in [7, 11) is -3.29. The van der Waals surface area contributed by atoms with Crippen LogP contribution in [0, 0.1) is 0 Å². The highest BCUT2D eigenvalue weighted by atomic mass is 32.2. The molecule has 5 heteroatoms. The van der Waals surface area contributed by atoms with Crippen molar-refractivity contribution < 1.29 is 17.9 Å². The average Bonchev–Trinajstić information content (AvgIpc) is 2.47. The molecule has 0 bridgehead atoms. The van der Waals surface area contributed by atoms with Crippen LogP contribution in [0.2, 0.25) is 0 Å². The second-order valence-corrected chi connectivity index (χ2v) is 7.49. The van der Waals surface area contributed by atoms with Crippen LogP contribution in [0.4, 0.5) is 0 Å². The van der Waals surface area contributed by atoms with Gasteiger partial charge in [-0.2, -0.15) is 0 Å². The number of benzene rings is 1. The summed E-state index contributed by atoms with van der Waals surface area (Å²) >= 11 is 0. The van der Waals surface area contributed by atoms with Crippen molar-refractivity contribution >= 4 is 15.6 Å². The van der Waals surface area contributed by atoms with Crippen LogP contribution in [0.5, 0.6) is 5.75 Å². The topological polar surface area (TPSA) is 60.4 Å². The SMILES string of the molecule is CC1(C)Cc2cc(C(=O)CS(C)(=O)=O)ccc2O1. The van der Waals surface area contributed by atoms with E-state index in [4.69, 9.17) is 4.74 Å². The number of carbonyl (C=O) groups excluding carboxylic acids is 1. The predicted molar refractivity (Wildman–Crippen MR) is 68.9 cm³/mol. The predicted octanol–water partition coefficient (Wildman–Crippen LogP) is 1.63. The van der Waals surface area contributed by atoms with E-state index >= 15 is 0 Å². The standard InChI is InChI=1S/C13H16O4S/c1-13(2)7-10-6-9(4-5-12(10)17-13)11(14)8-18(3,15)16/h4-6H,7-8H2,1-3H3. The summed E-state index contributed by atoms with van der Waals surface area (Å²) < 4.78 is 27.9. The van der Waals surface area contributed by atoms with Crippen LogP contribution in [0.25, 0.3) is 0 Å². The van der Waals surface area contributed by atoms with Crippen LogP contribution in [0.1, 0.15) is 29.8 Å². The maximum Gasteiger partial charge on any atom is 0.177 e. The van der Waals surface area contributed by atoms with Crippen LogP contribution in [-0.4, -0.2) is 31.8 Å². The summed E-state index contributed by atoms with van der Waals surface area (Å²) in [5, 5.41) is 0. The van der Waals surface area contributed by atoms with E-state index in [9.17, 15) is 13.2 Å². The lowest BCUT2D eigenvalue weighted by molar-refractivity contribution is 0.102. The summed E-state index contributed by atoms with van der Waals surface area (Å²) in [5.74, 6) is -0.0448. The maximum absolute atomic E-state index is 11.8. The summed E-state index contributed by atoms with van der Waals surface area (Å²) in [6, 6.07) is 5.09. The Morgan fingerprint density at radius 3 is 2.67 bits per heavy atom. The number of fused-ring (bicyclic) bond motifs is 1. The zero-order valence-electron chi connectivity index (χ0n) is 10.7. The third kappa shape index (κ3) is 2.90. The van der Waals surface area contributed by atoms with Crippen molar-refractivity contribution in [2.45, 2.75) is 25.9 Å². The Kier molecular flexibility index (Phi) is 2.97. The Balaban J connectivity index is 2.27. The Morgan fingerprint density at radius 2 is 2.06 bits per heavy atom. The smallest absolute Gasteiger partial charge is 0.177 e. The van der Waals surface area contributed by atoms with E-state index in [0.717, 1.165) is 24.0 Å². The molecule has 4 nitrogen and oxygen atoms in total. The van der Waals surface area contributed by atoms with Gasteiger partial charge in [0, 0.05) is 18.2 Å². The first-order chi connectivity index (χ1) is 8.16. The van der Waals surface area contributed by atoms with Gasteiger partial charge in [0.2, 0.25) is 0 Å². The maximum atomic E-state index is 11.8. The largest absolute Gasteiger partial charge is 0.487 e. The molecule has 0 amide bonds. The average molecular weight is 268 g/mol. The number of hydrogen-bond donors (Lipinski definition) is 0. The van der Waals surface area contributed by atoms with Gasteiger partial charge in [-0.1, -0.05) is 0 Å².